The summed E-state index contributed by atoms with van der Waals surface area (Å²) in [6, 6.07) is 11.8. The minimum atomic E-state index is -0.449. The van der Waals surface area contributed by atoms with Crippen LogP contribution in [0.1, 0.15) is 42.4 Å². The van der Waals surface area contributed by atoms with Crippen molar-refractivity contribution in [3.63, 3.8) is 0 Å². The molecule has 7 nitrogen and oxygen atoms in total. The molecule has 4 rings (SSSR count). The van der Waals surface area contributed by atoms with Crippen LogP contribution in [0.15, 0.2) is 52.3 Å². The molecule has 0 saturated carbocycles. The Bertz CT molecular complexity index is 1330. The summed E-state index contributed by atoms with van der Waals surface area (Å²) in [6.45, 7) is 7.03. The molecule has 0 aliphatic carbocycles. The summed E-state index contributed by atoms with van der Waals surface area (Å²) in [5.74, 6) is 0.302. The molecule has 0 unspecified atom stereocenters. The highest BCUT2D eigenvalue weighted by atomic mass is 32.2. The second-order valence-electron chi connectivity index (χ2n) is 7.89. The van der Waals surface area contributed by atoms with Gasteiger partial charge in [-0.1, -0.05) is 55.9 Å². The third kappa shape index (κ3) is 5.88. The topological polar surface area (TPSA) is 86.1 Å². The molecule has 0 bridgehead atoms. The number of nitrogens with zero attached hydrogens (tertiary/aromatic N) is 3. The molecule has 0 aliphatic heterocycles. The van der Waals surface area contributed by atoms with Gasteiger partial charge in [0.15, 0.2) is 11.0 Å². The van der Waals surface area contributed by atoms with Gasteiger partial charge >= 0.3 is 5.97 Å². The Labute approximate surface area is 222 Å². The van der Waals surface area contributed by atoms with Gasteiger partial charge in [0.2, 0.25) is 5.91 Å². The van der Waals surface area contributed by atoms with Gasteiger partial charge in [0.1, 0.15) is 10.6 Å². The Morgan fingerprint density at radius 1 is 1.06 bits per heavy atom. The van der Waals surface area contributed by atoms with E-state index in [2.05, 4.69) is 45.4 Å². The van der Waals surface area contributed by atoms with Crippen LogP contribution in [-0.4, -0.2) is 39.0 Å². The molecular weight excluding hydrogens is 513 g/mol. The van der Waals surface area contributed by atoms with E-state index in [1.54, 1.807) is 18.3 Å². The fourth-order valence-corrected chi connectivity index (χ4v) is 6.25. The Kier molecular flexibility index (Phi) is 8.95. The molecule has 0 aliphatic rings. The lowest BCUT2D eigenvalue weighted by Crippen LogP contribution is -2.17. The van der Waals surface area contributed by atoms with Crippen molar-refractivity contribution >= 4 is 51.3 Å². The first-order chi connectivity index (χ1) is 17.5. The molecule has 1 amide bonds. The summed E-state index contributed by atoms with van der Waals surface area (Å²) in [7, 11) is 0. The number of benzene rings is 1. The largest absolute Gasteiger partial charge is 0.462 e. The number of thiophene rings is 2. The minimum absolute atomic E-state index is 0.145. The normalized spacial score (nSPS) is 11.0. The van der Waals surface area contributed by atoms with E-state index in [-0.39, 0.29) is 18.3 Å². The first-order valence-electron chi connectivity index (χ1n) is 11.8. The quantitative estimate of drug-likeness (QED) is 0.170. The predicted molar refractivity (Wildman–Crippen MR) is 148 cm³/mol. The highest BCUT2D eigenvalue weighted by Crippen LogP contribution is 2.36. The number of aryl methyl sites for hydroxylation is 1. The third-order valence-corrected chi connectivity index (χ3v) is 8.31. The highest BCUT2D eigenvalue weighted by molar-refractivity contribution is 7.99. The molecule has 188 valence electrons. The average molecular weight is 541 g/mol. The van der Waals surface area contributed by atoms with Gasteiger partial charge in [0.25, 0.3) is 0 Å². The summed E-state index contributed by atoms with van der Waals surface area (Å²) in [5, 5.41) is 16.9. The maximum absolute atomic E-state index is 12.9. The Morgan fingerprint density at radius 2 is 1.86 bits per heavy atom. The number of carbonyl (C=O) groups is 2. The zero-order valence-corrected chi connectivity index (χ0v) is 22.9. The molecule has 3 aromatic heterocycles. The van der Waals surface area contributed by atoms with Gasteiger partial charge in [0.05, 0.1) is 12.4 Å². The third-order valence-electron chi connectivity index (χ3n) is 5.37. The number of carbonyl (C=O) groups excluding carboxylic acids is 2. The van der Waals surface area contributed by atoms with Crippen molar-refractivity contribution in [2.24, 2.45) is 0 Å². The fraction of sp³-hybridized carbons (Fsp3) is 0.308. The Balaban J connectivity index is 1.51. The molecule has 4 aromatic rings. The Hall–Kier alpha value is -2.95. The summed E-state index contributed by atoms with van der Waals surface area (Å²) < 4.78 is 7.36. The van der Waals surface area contributed by atoms with Gasteiger partial charge in [0, 0.05) is 33.3 Å². The van der Waals surface area contributed by atoms with Gasteiger partial charge in [-0.2, -0.15) is 0 Å². The number of anilines is 1. The van der Waals surface area contributed by atoms with Crippen LogP contribution in [-0.2, 0) is 22.5 Å². The van der Waals surface area contributed by atoms with Crippen LogP contribution in [0.5, 0.6) is 0 Å². The summed E-state index contributed by atoms with van der Waals surface area (Å²) in [6.07, 6.45) is 1.91. The molecule has 0 fully saturated rings. The van der Waals surface area contributed by atoms with Crippen molar-refractivity contribution in [2.45, 2.75) is 45.3 Å². The molecular formula is C26H28N4O3S3. The van der Waals surface area contributed by atoms with Gasteiger partial charge in [-0.05, 0) is 31.4 Å². The Morgan fingerprint density at radius 3 is 2.56 bits per heavy atom. The van der Waals surface area contributed by atoms with Gasteiger partial charge in [-0.25, -0.2) is 4.79 Å². The van der Waals surface area contributed by atoms with Crippen molar-refractivity contribution in [3.05, 3.63) is 57.6 Å². The average Bonchev–Trinajstić information content (AvgIpc) is 3.62. The molecule has 1 aromatic carbocycles. The minimum Gasteiger partial charge on any atom is -0.462 e. The van der Waals surface area contributed by atoms with Gasteiger partial charge in [-0.3, -0.25) is 4.79 Å². The van der Waals surface area contributed by atoms with E-state index in [0.29, 0.717) is 15.7 Å². The van der Waals surface area contributed by atoms with Crippen molar-refractivity contribution in [3.8, 4) is 22.5 Å². The van der Waals surface area contributed by atoms with Crippen LogP contribution in [0.4, 0.5) is 5.00 Å². The molecule has 1 N–H and O–H groups in total. The fourth-order valence-electron chi connectivity index (χ4n) is 3.70. The number of hydrogen-bond donors (Lipinski definition) is 1. The lowest BCUT2D eigenvalue weighted by molar-refractivity contribution is -0.113. The predicted octanol–water partition coefficient (Wildman–Crippen LogP) is 6.62. The number of hydrogen-bond acceptors (Lipinski definition) is 8. The second-order valence-corrected chi connectivity index (χ2v) is 10.7. The van der Waals surface area contributed by atoms with E-state index < -0.39 is 5.97 Å². The number of amides is 1. The maximum Gasteiger partial charge on any atom is 0.341 e. The molecule has 0 atom stereocenters. The van der Waals surface area contributed by atoms with Crippen molar-refractivity contribution in [1.82, 2.24) is 14.8 Å². The van der Waals surface area contributed by atoms with Crippen LogP contribution in [0.2, 0.25) is 0 Å². The molecule has 3 heterocycles. The first kappa shape index (κ1) is 26.1. The number of ether oxygens (including phenoxy) is 1. The molecule has 0 spiro atoms. The van der Waals surface area contributed by atoms with E-state index in [1.807, 2.05) is 35.7 Å². The summed E-state index contributed by atoms with van der Waals surface area (Å²) >= 11 is 4.38. The van der Waals surface area contributed by atoms with Crippen LogP contribution in [0.3, 0.4) is 0 Å². The number of esters is 1. The van der Waals surface area contributed by atoms with E-state index in [1.165, 1.54) is 28.0 Å². The zero-order chi connectivity index (χ0) is 25.5. The van der Waals surface area contributed by atoms with Crippen molar-refractivity contribution in [2.75, 3.05) is 17.7 Å². The van der Waals surface area contributed by atoms with E-state index >= 15 is 0 Å². The van der Waals surface area contributed by atoms with Crippen LogP contribution >= 0.6 is 34.4 Å². The van der Waals surface area contributed by atoms with Gasteiger partial charge in [-0.15, -0.1) is 32.9 Å². The lowest BCUT2D eigenvalue weighted by Gasteiger charge is -2.10. The maximum atomic E-state index is 12.9. The number of nitrogens with one attached hydrogen (secondary N) is 1. The molecule has 0 radical (unpaired) electrons. The van der Waals surface area contributed by atoms with E-state index in [4.69, 9.17) is 4.74 Å². The van der Waals surface area contributed by atoms with E-state index in [9.17, 15) is 9.59 Å². The first-order valence-corrected chi connectivity index (χ1v) is 14.6. The lowest BCUT2D eigenvalue weighted by atomic mass is 10.0. The van der Waals surface area contributed by atoms with Crippen molar-refractivity contribution < 1.29 is 14.3 Å². The molecule has 10 heteroatoms. The number of thioether (sulfide) groups is 1. The van der Waals surface area contributed by atoms with Crippen LogP contribution < -0.4 is 5.32 Å². The van der Waals surface area contributed by atoms with Gasteiger partial charge < -0.3 is 14.6 Å². The smallest absolute Gasteiger partial charge is 0.341 e. The summed E-state index contributed by atoms with van der Waals surface area (Å²) in [5.41, 5.74) is 3.08. The molecule has 0 saturated heterocycles. The summed E-state index contributed by atoms with van der Waals surface area (Å²) in [4.78, 5) is 27.0. The SMILES string of the molecule is CCCn1c(SCC(=O)Nc2scc(-c3ccccc3)c2C(=O)OCC)nnc1-c1csc(CC)c1. The number of rotatable bonds is 11. The zero-order valence-electron chi connectivity index (χ0n) is 20.4. The molecule has 36 heavy (non-hydrogen) atoms. The standard InChI is InChI=1S/C26H28N4O3S3/c1-4-12-30-23(18-13-19(5-2)34-14-18)28-29-26(30)36-16-21(31)27-24-22(25(32)33-6-3)20(15-35-24)17-10-8-7-9-11-17/h7-11,13-15H,4-6,12,16H2,1-3H3,(H,27,31). The number of aromatic nitrogens is 3. The highest BCUT2D eigenvalue weighted by Gasteiger charge is 2.23. The second kappa shape index (κ2) is 12.3. The van der Waals surface area contributed by atoms with Crippen molar-refractivity contribution in [1.29, 1.82) is 0 Å². The van der Waals surface area contributed by atoms with Crippen LogP contribution in [0.25, 0.3) is 22.5 Å². The van der Waals surface area contributed by atoms with E-state index in [0.717, 1.165) is 41.9 Å². The monoisotopic (exact) mass is 540 g/mol. The van der Waals surface area contributed by atoms with Crippen LogP contribution in [0, 0.1) is 0 Å².